The average molecular weight is 187 g/mol. The van der Waals surface area contributed by atoms with Crippen molar-refractivity contribution in [3.05, 3.63) is 0 Å². The van der Waals surface area contributed by atoms with E-state index >= 15 is 0 Å². The molecule has 5 heteroatoms. The summed E-state index contributed by atoms with van der Waals surface area (Å²) in [6.07, 6.45) is 1.17. The summed E-state index contributed by atoms with van der Waals surface area (Å²) in [5.74, 6) is 5.36. The molecule has 0 aromatic carbocycles. The van der Waals surface area contributed by atoms with E-state index in [1.807, 2.05) is 0 Å². The van der Waals surface area contributed by atoms with Gasteiger partial charge in [-0.25, -0.2) is 5.84 Å². The van der Waals surface area contributed by atoms with Crippen LogP contribution < -0.4 is 17.0 Å². The van der Waals surface area contributed by atoms with Crippen molar-refractivity contribution < 1.29 is 0 Å². The lowest BCUT2D eigenvalue weighted by atomic mass is 10.4. The van der Waals surface area contributed by atoms with E-state index in [1.165, 1.54) is 6.42 Å². The van der Waals surface area contributed by atoms with Gasteiger partial charge in [0.05, 0.1) is 6.54 Å². The first-order valence-electron chi connectivity index (χ1n) is 4.73. The Bertz CT molecular complexity index is 145. The lowest BCUT2D eigenvalue weighted by molar-refractivity contribution is 0.297. The van der Waals surface area contributed by atoms with E-state index in [0.29, 0.717) is 12.5 Å². The second-order valence-corrected chi connectivity index (χ2v) is 2.85. The van der Waals surface area contributed by atoms with Crippen molar-refractivity contribution in [1.29, 1.82) is 0 Å². The molecule has 5 nitrogen and oxygen atoms in total. The maximum atomic E-state index is 5.37. The molecule has 0 aromatic rings. The van der Waals surface area contributed by atoms with Crippen LogP contribution in [0.4, 0.5) is 0 Å². The van der Waals surface area contributed by atoms with Crippen LogP contribution in [0.25, 0.3) is 0 Å². The fourth-order valence-corrected chi connectivity index (χ4v) is 1.10. The summed E-state index contributed by atoms with van der Waals surface area (Å²) in [5.41, 5.74) is 7.67. The van der Waals surface area contributed by atoms with Crippen molar-refractivity contribution in [2.75, 3.05) is 26.2 Å². The Morgan fingerprint density at radius 2 is 2.08 bits per heavy atom. The van der Waals surface area contributed by atoms with Crippen molar-refractivity contribution in [2.24, 2.45) is 16.6 Å². The summed E-state index contributed by atoms with van der Waals surface area (Å²) in [7, 11) is 0. The van der Waals surface area contributed by atoms with Crippen molar-refractivity contribution >= 4 is 5.96 Å². The molecule has 78 valence electrons. The van der Waals surface area contributed by atoms with E-state index in [0.717, 1.165) is 19.6 Å². The molecule has 0 radical (unpaired) electrons. The van der Waals surface area contributed by atoms with E-state index in [4.69, 9.17) is 11.6 Å². The molecule has 0 atom stereocenters. The zero-order chi connectivity index (χ0) is 10.1. The highest BCUT2D eigenvalue weighted by Gasteiger charge is 1.98. The minimum absolute atomic E-state index is 0.299. The van der Waals surface area contributed by atoms with Crippen LogP contribution >= 0.6 is 0 Å². The topological polar surface area (TPSA) is 79.7 Å². The van der Waals surface area contributed by atoms with Crippen molar-refractivity contribution in [2.45, 2.75) is 20.3 Å². The summed E-state index contributed by atoms with van der Waals surface area (Å²) in [6.45, 7) is 8.11. The third-order valence-electron chi connectivity index (χ3n) is 1.83. The molecule has 0 aliphatic rings. The lowest BCUT2D eigenvalue weighted by Gasteiger charge is -2.17. The quantitative estimate of drug-likeness (QED) is 0.227. The first-order chi connectivity index (χ1) is 6.24. The number of likely N-dealkylation sites (N-methyl/N-ethyl adjacent to an activating group) is 1. The van der Waals surface area contributed by atoms with Gasteiger partial charge in [0.25, 0.3) is 0 Å². The summed E-state index contributed by atoms with van der Waals surface area (Å²) < 4.78 is 0. The molecular formula is C8H21N5. The second-order valence-electron chi connectivity index (χ2n) is 2.85. The third kappa shape index (κ3) is 6.36. The lowest BCUT2D eigenvalue weighted by Crippen LogP contribution is -2.38. The van der Waals surface area contributed by atoms with Gasteiger partial charge in [-0.1, -0.05) is 13.8 Å². The standard InChI is InChI=1S/C8H21N5/c1-3-6-13(4-2)7-5-11-8(9)12-10/h3-7,10H2,1-2H3,(H3,9,11,12). The largest absolute Gasteiger partial charge is 0.369 e. The van der Waals surface area contributed by atoms with Gasteiger partial charge in [-0.05, 0) is 19.5 Å². The fraction of sp³-hybridized carbons (Fsp3) is 0.875. The minimum Gasteiger partial charge on any atom is -0.369 e. The Hall–Kier alpha value is -0.810. The molecule has 0 aromatic heterocycles. The first-order valence-corrected chi connectivity index (χ1v) is 4.73. The fourth-order valence-electron chi connectivity index (χ4n) is 1.10. The van der Waals surface area contributed by atoms with Gasteiger partial charge in [-0.3, -0.25) is 10.4 Å². The monoisotopic (exact) mass is 187 g/mol. The van der Waals surface area contributed by atoms with Gasteiger partial charge in [-0.2, -0.15) is 0 Å². The van der Waals surface area contributed by atoms with Crippen LogP contribution in [0.1, 0.15) is 20.3 Å². The molecule has 5 N–H and O–H groups in total. The Labute approximate surface area is 80.1 Å². The molecule has 0 fully saturated rings. The average Bonchev–Trinajstić information content (AvgIpc) is 2.16. The SMILES string of the molecule is CCCN(CC)CCN=C(N)NN. The maximum Gasteiger partial charge on any atom is 0.203 e. The number of nitrogens with one attached hydrogen (secondary N) is 1. The summed E-state index contributed by atoms with van der Waals surface area (Å²) in [5, 5.41) is 0. The smallest absolute Gasteiger partial charge is 0.203 e. The number of guanidine groups is 1. The highest BCUT2D eigenvalue weighted by molar-refractivity contribution is 5.77. The van der Waals surface area contributed by atoms with Crippen LogP contribution in [0.15, 0.2) is 4.99 Å². The zero-order valence-corrected chi connectivity index (χ0v) is 8.58. The molecule has 0 bridgehead atoms. The van der Waals surface area contributed by atoms with Gasteiger partial charge in [0.1, 0.15) is 0 Å². The number of nitrogens with zero attached hydrogens (tertiary/aromatic N) is 2. The predicted molar refractivity (Wildman–Crippen MR) is 56.2 cm³/mol. The van der Waals surface area contributed by atoms with Gasteiger partial charge < -0.3 is 10.6 Å². The van der Waals surface area contributed by atoms with Crippen LogP contribution in [0.3, 0.4) is 0 Å². The number of hydrazine groups is 1. The number of nitrogens with two attached hydrogens (primary N) is 2. The molecule has 0 saturated carbocycles. The van der Waals surface area contributed by atoms with Gasteiger partial charge in [0, 0.05) is 6.54 Å². The van der Waals surface area contributed by atoms with E-state index < -0.39 is 0 Å². The summed E-state index contributed by atoms with van der Waals surface area (Å²) in [4.78, 5) is 6.36. The van der Waals surface area contributed by atoms with Crippen molar-refractivity contribution in [3.63, 3.8) is 0 Å². The van der Waals surface area contributed by atoms with Crippen LogP contribution in [0, 0.1) is 0 Å². The molecule has 0 saturated heterocycles. The predicted octanol–water partition coefficient (Wildman–Crippen LogP) is -0.504. The molecule has 0 aliphatic carbocycles. The highest BCUT2D eigenvalue weighted by atomic mass is 15.3. The molecule has 0 unspecified atom stereocenters. The molecule has 0 aliphatic heterocycles. The van der Waals surface area contributed by atoms with E-state index in [-0.39, 0.29) is 0 Å². The number of hydrogen-bond acceptors (Lipinski definition) is 3. The molecule has 0 amide bonds. The van der Waals surface area contributed by atoms with Crippen LogP contribution in [-0.4, -0.2) is 37.0 Å². The zero-order valence-electron chi connectivity index (χ0n) is 8.58. The number of aliphatic imine (C=N–C) groups is 1. The third-order valence-corrected chi connectivity index (χ3v) is 1.83. The molecule has 13 heavy (non-hydrogen) atoms. The highest BCUT2D eigenvalue weighted by Crippen LogP contribution is 1.89. The Kier molecular flexibility index (Phi) is 7.33. The molecule has 0 rings (SSSR count). The van der Waals surface area contributed by atoms with Crippen LogP contribution in [-0.2, 0) is 0 Å². The van der Waals surface area contributed by atoms with Crippen LogP contribution in [0.5, 0.6) is 0 Å². The second kappa shape index (κ2) is 7.82. The van der Waals surface area contributed by atoms with E-state index in [1.54, 1.807) is 0 Å². The number of hydrogen-bond donors (Lipinski definition) is 3. The van der Waals surface area contributed by atoms with Gasteiger partial charge in [-0.15, -0.1) is 0 Å². The van der Waals surface area contributed by atoms with Gasteiger partial charge >= 0.3 is 0 Å². The minimum atomic E-state index is 0.299. The molecular weight excluding hydrogens is 166 g/mol. The molecule has 0 heterocycles. The maximum absolute atomic E-state index is 5.37. The van der Waals surface area contributed by atoms with Crippen molar-refractivity contribution in [3.8, 4) is 0 Å². The van der Waals surface area contributed by atoms with Crippen molar-refractivity contribution in [1.82, 2.24) is 10.3 Å². The molecule has 0 spiro atoms. The normalized spacial score (nSPS) is 12.2. The van der Waals surface area contributed by atoms with E-state index in [2.05, 4.69) is 29.2 Å². The van der Waals surface area contributed by atoms with E-state index in [9.17, 15) is 0 Å². The Morgan fingerprint density at radius 1 is 1.38 bits per heavy atom. The number of rotatable bonds is 6. The Balaban J connectivity index is 3.59. The van der Waals surface area contributed by atoms with Gasteiger partial charge in [0.2, 0.25) is 5.96 Å². The first kappa shape index (κ1) is 12.2. The summed E-state index contributed by atoms with van der Waals surface area (Å²) >= 11 is 0. The van der Waals surface area contributed by atoms with Gasteiger partial charge in [0.15, 0.2) is 0 Å². The van der Waals surface area contributed by atoms with Crippen LogP contribution in [0.2, 0.25) is 0 Å². The summed E-state index contributed by atoms with van der Waals surface area (Å²) in [6, 6.07) is 0. The Morgan fingerprint density at radius 3 is 2.54 bits per heavy atom.